The molecule has 0 aliphatic carbocycles. The molecule has 0 saturated carbocycles. The van der Waals surface area contributed by atoms with Gasteiger partial charge in [0.2, 0.25) is 5.91 Å². The molecule has 8 nitrogen and oxygen atoms in total. The predicted octanol–water partition coefficient (Wildman–Crippen LogP) is 1.16. The Morgan fingerprint density at radius 3 is 2.74 bits per heavy atom. The lowest BCUT2D eigenvalue weighted by atomic mass is 10.1. The first kappa shape index (κ1) is 14.5. The SMILES string of the molecule is Cn1cc(C(N)=O)cc1C(=O)Nc1ccccc1-c1ncn[nH]1. The number of aromatic amines is 1. The first-order valence-corrected chi connectivity index (χ1v) is 6.78. The molecule has 3 aromatic rings. The van der Waals surface area contributed by atoms with E-state index in [9.17, 15) is 9.59 Å². The Morgan fingerprint density at radius 2 is 2.09 bits per heavy atom. The summed E-state index contributed by atoms with van der Waals surface area (Å²) in [4.78, 5) is 27.8. The Balaban J connectivity index is 1.91. The number of hydrogen-bond acceptors (Lipinski definition) is 4. The van der Waals surface area contributed by atoms with Gasteiger partial charge < -0.3 is 15.6 Å². The van der Waals surface area contributed by atoms with Gasteiger partial charge in [-0.25, -0.2) is 4.98 Å². The molecule has 4 N–H and O–H groups in total. The minimum Gasteiger partial charge on any atom is -0.366 e. The number of carbonyl (C=O) groups excluding carboxylic acids is 2. The van der Waals surface area contributed by atoms with Gasteiger partial charge in [0, 0.05) is 18.8 Å². The van der Waals surface area contributed by atoms with Crippen molar-refractivity contribution in [3.63, 3.8) is 0 Å². The third-order valence-electron chi connectivity index (χ3n) is 3.37. The molecule has 2 amide bonds. The van der Waals surface area contributed by atoms with Crippen molar-refractivity contribution in [3.8, 4) is 11.4 Å². The lowest BCUT2D eigenvalue weighted by Gasteiger charge is -2.09. The second-order valence-electron chi connectivity index (χ2n) is 4.92. The first-order chi connectivity index (χ1) is 11.1. The van der Waals surface area contributed by atoms with E-state index in [4.69, 9.17) is 5.73 Å². The summed E-state index contributed by atoms with van der Waals surface area (Å²) in [5.41, 5.74) is 7.13. The molecule has 23 heavy (non-hydrogen) atoms. The Morgan fingerprint density at radius 1 is 1.30 bits per heavy atom. The number of carbonyl (C=O) groups is 2. The normalized spacial score (nSPS) is 10.5. The Kier molecular flexibility index (Phi) is 3.63. The summed E-state index contributed by atoms with van der Waals surface area (Å²) < 4.78 is 1.55. The number of aromatic nitrogens is 4. The van der Waals surface area contributed by atoms with Crippen LogP contribution in [-0.4, -0.2) is 31.6 Å². The van der Waals surface area contributed by atoms with Crippen LogP contribution in [0.2, 0.25) is 0 Å². The lowest BCUT2D eigenvalue weighted by Crippen LogP contribution is -2.16. The molecule has 2 heterocycles. The van der Waals surface area contributed by atoms with E-state index in [1.165, 1.54) is 18.6 Å². The van der Waals surface area contributed by atoms with Crippen molar-refractivity contribution in [3.05, 3.63) is 54.1 Å². The molecule has 0 spiro atoms. The maximum atomic E-state index is 12.5. The van der Waals surface area contributed by atoms with Gasteiger partial charge in [-0.15, -0.1) is 0 Å². The number of anilines is 1. The number of H-pyrrole nitrogens is 1. The first-order valence-electron chi connectivity index (χ1n) is 6.78. The quantitative estimate of drug-likeness (QED) is 0.670. The molecule has 2 aromatic heterocycles. The van der Waals surface area contributed by atoms with Crippen LogP contribution in [0.15, 0.2) is 42.9 Å². The number of aryl methyl sites for hydroxylation is 1. The zero-order valence-electron chi connectivity index (χ0n) is 12.3. The van der Waals surface area contributed by atoms with Gasteiger partial charge in [-0.1, -0.05) is 12.1 Å². The summed E-state index contributed by atoms with van der Waals surface area (Å²) in [6.07, 6.45) is 2.91. The molecule has 116 valence electrons. The number of primary amides is 1. The third kappa shape index (κ3) is 2.82. The molecule has 1 aromatic carbocycles. The lowest BCUT2D eigenvalue weighted by molar-refractivity contribution is 0.0998. The highest BCUT2D eigenvalue weighted by Gasteiger charge is 2.16. The van der Waals surface area contributed by atoms with Gasteiger partial charge in [0.25, 0.3) is 5.91 Å². The Bertz CT molecular complexity index is 866. The second-order valence-corrected chi connectivity index (χ2v) is 4.92. The molecule has 0 atom stereocenters. The van der Waals surface area contributed by atoms with Gasteiger partial charge in [-0.3, -0.25) is 14.7 Å². The number of benzene rings is 1. The predicted molar refractivity (Wildman–Crippen MR) is 83.7 cm³/mol. The zero-order valence-corrected chi connectivity index (χ0v) is 12.3. The summed E-state index contributed by atoms with van der Waals surface area (Å²) >= 11 is 0. The minimum atomic E-state index is -0.582. The van der Waals surface area contributed by atoms with Crippen LogP contribution in [-0.2, 0) is 7.05 Å². The maximum absolute atomic E-state index is 12.5. The van der Waals surface area contributed by atoms with Gasteiger partial charge in [0.05, 0.1) is 11.3 Å². The molecule has 0 radical (unpaired) electrons. The molecule has 0 saturated heterocycles. The van der Waals surface area contributed by atoms with Crippen molar-refractivity contribution in [1.82, 2.24) is 19.7 Å². The highest BCUT2D eigenvalue weighted by Crippen LogP contribution is 2.24. The third-order valence-corrected chi connectivity index (χ3v) is 3.37. The fourth-order valence-corrected chi connectivity index (χ4v) is 2.25. The molecule has 0 aliphatic rings. The van der Waals surface area contributed by atoms with Crippen molar-refractivity contribution >= 4 is 17.5 Å². The van der Waals surface area contributed by atoms with Crippen LogP contribution in [0, 0.1) is 0 Å². The molecule has 0 fully saturated rings. The van der Waals surface area contributed by atoms with Gasteiger partial charge in [-0.05, 0) is 18.2 Å². The fourth-order valence-electron chi connectivity index (χ4n) is 2.25. The summed E-state index contributed by atoms with van der Waals surface area (Å²) in [5.74, 6) is -0.390. The highest BCUT2D eigenvalue weighted by molar-refractivity contribution is 6.06. The zero-order chi connectivity index (χ0) is 16.4. The van der Waals surface area contributed by atoms with Crippen LogP contribution in [0.4, 0.5) is 5.69 Å². The summed E-state index contributed by atoms with van der Waals surface area (Å²) in [6, 6.07) is 8.66. The van der Waals surface area contributed by atoms with Crippen LogP contribution in [0.5, 0.6) is 0 Å². The molecular formula is C15H14N6O2. The van der Waals surface area contributed by atoms with E-state index in [-0.39, 0.29) is 11.5 Å². The Labute approximate surface area is 131 Å². The van der Waals surface area contributed by atoms with E-state index in [1.807, 2.05) is 12.1 Å². The number of hydrogen-bond donors (Lipinski definition) is 3. The van der Waals surface area contributed by atoms with Crippen LogP contribution in [0.1, 0.15) is 20.8 Å². The Hall–Kier alpha value is -3.42. The molecule has 3 rings (SSSR count). The number of nitrogens with zero attached hydrogens (tertiary/aromatic N) is 3. The van der Waals surface area contributed by atoms with E-state index in [1.54, 1.807) is 23.7 Å². The van der Waals surface area contributed by atoms with Gasteiger partial charge in [0.15, 0.2) is 5.82 Å². The minimum absolute atomic E-state index is 0.279. The van der Waals surface area contributed by atoms with Crippen molar-refractivity contribution in [2.45, 2.75) is 0 Å². The highest BCUT2D eigenvalue weighted by atomic mass is 16.2. The van der Waals surface area contributed by atoms with Crippen molar-refractivity contribution in [1.29, 1.82) is 0 Å². The van der Waals surface area contributed by atoms with Crippen LogP contribution in [0.25, 0.3) is 11.4 Å². The maximum Gasteiger partial charge on any atom is 0.272 e. The van der Waals surface area contributed by atoms with E-state index in [2.05, 4.69) is 20.5 Å². The van der Waals surface area contributed by atoms with Crippen molar-refractivity contribution in [2.24, 2.45) is 12.8 Å². The second kappa shape index (κ2) is 5.76. The van der Waals surface area contributed by atoms with Crippen LogP contribution >= 0.6 is 0 Å². The molecule has 8 heteroatoms. The number of amides is 2. The van der Waals surface area contributed by atoms with E-state index < -0.39 is 5.91 Å². The standard InChI is InChI=1S/C15H14N6O2/c1-21-7-9(13(16)22)6-12(21)15(23)19-11-5-3-2-4-10(11)14-17-8-18-20-14/h2-8H,1H3,(H2,16,22)(H,19,23)(H,17,18,20). The summed E-state index contributed by atoms with van der Waals surface area (Å²) in [6.45, 7) is 0. The number of para-hydroxylation sites is 1. The number of nitrogens with one attached hydrogen (secondary N) is 2. The molecule has 0 aliphatic heterocycles. The van der Waals surface area contributed by atoms with Gasteiger partial charge >= 0.3 is 0 Å². The van der Waals surface area contributed by atoms with Crippen molar-refractivity contribution in [2.75, 3.05) is 5.32 Å². The number of rotatable bonds is 4. The smallest absolute Gasteiger partial charge is 0.272 e. The van der Waals surface area contributed by atoms with Crippen LogP contribution in [0.3, 0.4) is 0 Å². The van der Waals surface area contributed by atoms with E-state index >= 15 is 0 Å². The van der Waals surface area contributed by atoms with Crippen molar-refractivity contribution < 1.29 is 9.59 Å². The average molecular weight is 310 g/mol. The molecule has 0 unspecified atom stereocenters. The van der Waals surface area contributed by atoms with Gasteiger partial charge in [0.1, 0.15) is 12.0 Å². The molecule has 0 bridgehead atoms. The van der Waals surface area contributed by atoms with E-state index in [0.29, 0.717) is 22.8 Å². The fraction of sp³-hybridized carbons (Fsp3) is 0.0667. The topological polar surface area (TPSA) is 119 Å². The summed E-state index contributed by atoms with van der Waals surface area (Å²) in [5, 5.41) is 9.38. The van der Waals surface area contributed by atoms with Crippen LogP contribution < -0.4 is 11.1 Å². The largest absolute Gasteiger partial charge is 0.366 e. The molecular weight excluding hydrogens is 296 g/mol. The number of nitrogens with two attached hydrogens (primary N) is 1. The monoisotopic (exact) mass is 310 g/mol. The van der Waals surface area contributed by atoms with Gasteiger partial charge in [-0.2, -0.15) is 5.10 Å². The summed E-state index contributed by atoms with van der Waals surface area (Å²) in [7, 11) is 1.67. The van der Waals surface area contributed by atoms with E-state index in [0.717, 1.165) is 0 Å². The average Bonchev–Trinajstić information content (AvgIpc) is 3.17.